The quantitative estimate of drug-likeness (QED) is 0.649. The Morgan fingerprint density at radius 2 is 1.72 bits per heavy atom. The SMILES string of the molecule is O=C(c1ccc(SC2CCCCC2)cc1)C(O)O. The highest BCUT2D eigenvalue weighted by atomic mass is 32.2. The third-order valence-corrected chi connectivity index (χ3v) is 4.58. The number of ketones is 1. The molecule has 1 aromatic carbocycles. The fourth-order valence-electron chi connectivity index (χ4n) is 2.22. The molecular formula is C14H18O3S. The standard InChI is InChI=1S/C14H18O3S/c15-13(14(16)17)10-6-8-12(9-7-10)18-11-4-2-1-3-5-11/h6-9,11,14,16-17H,1-5H2. The molecular weight excluding hydrogens is 248 g/mol. The molecule has 0 amide bonds. The summed E-state index contributed by atoms with van der Waals surface area (Å²) in [7, 11) is 0. The molecule has 98 valence electrons. The average Bonchev–Trinajstić information content (AvgIpc) is 2.40. The number of aliphatic hydroxyl groups excluding tert-OH is 1. The van der Waals surface area contributed by atoms with Gasteiger partial charge in [-0.3, -0.25) is 4.79 Å². The van der Waals surface area contributed by atoms with E-state index in [9.17, 15) is 4.79 Å². The molecule has 4 heteroatoms. The van der Waals surface area contributed by atoms with Crippen molar-refractivity contribution in [1.29, 1.82) is 0 Å². The first-order chi connectivity index (χ1) is 8.66. The van der Waals surface area contributed by atoms with Crippen LogP contribution in [0.15, 0.2) is 29.2 Å². The summed E-state index contributed by atoms with van der Waals surface area (Å²) in [5.74, 6) is -0.649. The van der Waals surface area contributed by atoms with Crippen molar-refractivity contribution in [3.8, 4) is 0 Å². The second-order valence-electron chi connectivity index (χ2n) is 4.64. The van der Waals surface area contributed by atoms with Gasteiger partial charge in [-0.2, -0.15) is 0 Å². The highest BCUT2D eigenvalue weighted by molar-refractivity contribution is 8.00. The molecule has 3 nitrogen and oxygen atoms in total. The second-order valence-corrected chi connectivity index (χ2v) is 6.01. The van der Waals surface area contributed by atoms with Gasteiger partial charge in [-0.1, -0.05) is 31.4 Å². The van der Waals surface area contributed by atoms with Crippen LogP contribution in [0, 0.1) is 0 Å². The lowest BCUT2D eigenvalue weighted by Gasteiger charge is -2.20. The topological polar surface area (TPSA) is 57.5 Å². The van der Waals surface area contributed by atoms with Gasteiger partial charge in [0.15, 0.2) is 0 Å². The summed E-state index contributed by atoms with van der Waals surface area (Å²) >= 11 is 1.86. The van der Waals surface area contributed by atoms with Gasteiger partial charge in [-0.05, 0) is 25.0 Å². The van der Waals surface area contributed by atoms with E-state index in [2.05, 4.69) is 0 Å². The molecule has 0 unspecified atom stereocenters. The molecule has 0 bridgehead atoms. The molecule has 0 heterocycles. The molecule has 1 aliphatic carbocycles. The van der Waals surface area contributed by atoms with Crippen molar-refractivity contribution in [2.45, 2.75) is 48.5 Å². The molecule has 0 atom stereocenters. The van der Waals surface area contributed by atoms with Crippen LogP contribution >= 0.6 is 11.8 Å². The van der Waals surface area contributed by atoms with E-state index >= 15 is 0 Å². The molecule has 0 spiro atoms. The minimum Gasteiger partial charge on any atom is -0.362 e. The van der Waals surface area contributed by atoms with Crippen LogP contribution in [0.2, 0.25) is 0 Å². The van der Waals surface area contributed by atoms with E-state index in [-0.39, 0.29) is 0 Å². The molecule has 0 aromatic heterocycles. The zero-order valence-corrected chi connectivity index (χ0v) is 11.0. The largest absolute Gasteiger partial charge is 0.362 e. The van der Waals surface area contributed by atoms with Crippen molar-refractivity contribution in [3.63, 3.8) is 0 Å². The van der Waals surface area contributed by atoms with Gasteiger partial charge in [0.2, 0.25) is 12.1 Å². The summed E-state index contributed by atoms with van der Waals surface area (Å²) in [4.78, 5) is 12.5. The van der Waals surface area contributed by atoms with Gasteiger partial charge in [-0.15, -0.1) is 11.8 Å². The molecule has 1 fully saturated rings. The van der Waals surface area contributed by atoms with Crippen LogP contribution in [0.5, 0.6) is 0 Å². The summed E-state index contributed by atoms with van der Waals surface area (Å²) in [6.07, 6.45) is 4.58. The van der Waals surface area contributed by atoms with Crippen molar-refractivity contribution in [3.05, 3.63) is 29.8 Å². The van der Waals surface area contributed by atoms with Crippen LogP contribution in [-0.2, 0) is 0 Å². The number of benzene rings is 1. The van der Waals surface area contributed by atoms with Crippen LogP contribution in [0.25, 0.3) is 0 Å². The van der Waals surface area contributed by atoms with Gasteiger partial charge in [0, 0.05) is 15.7 Å². The minimum absolute atomic E-state index is 0.345. The lowest BCUT2D eigenvalue weighted by molar-refractivity contribution is -0.0195. The van der Waals surface area contributed by atoms with Gasteiger partial charge in [0.25, 0.3) is 0 Å². The van der Waals surface area contributed by atoms with E-state index in [1.54, 1.807) is 12.1 Å². The van der Waals surface area contributed by atoms with E-state index in [4.69, 9.17) is 10.2 Å². The Morgan fingerprint density at radius 3 is 2.28 bits per heavy atom. The average molecular weight is 266 g/mol. The van der Waals surface area contributed by atoms with Crippen LogP contribution in [-0.4, -0.2) is 27.5 Å². The maximum absolute atomic E-state index is 11.3. The number of thioether (sulfide) groups is 1. The van der Waals surface area contributed by atoms with E-state index in [0.29, 0.717) is 10.8 Å². The highest BCUT2D eigenvalue weighted by Gasteiger charge is 2.16. The maximum Gasteiger partial charge on any atom is 0.218 e. The number of carbonyl (C=O) groups is 1. The molecule has 0 radical (unpaired) electrons. The Labute approximate surface area is 111 Å². The monoisotopic (exact) mass is 266 g/mol. The summed E-state index contributed by atoms with van der Waals surface area (Å²) in [5.41, 5.74) is 0.345. The number of hydrogen-bond acceptors (Lipinski definition) is 4. The summed E-state index contributed by atoms with van der Waals surface area (Å²) < 4.78 is 0. The van der Waals surface area contributed by atoms with E-state index < -0.39 is 12.1 Å². The smallest absolute Gasteiger partial charge is 0.218 e. The van der Waals surface area contributed by atoms with Gasteiger partial charge in [-0.25, -0.2) is 0 Å². The normalized spacial score (nSPS) is 17.1. The predicted octanol–water partition coefficient (Wildman–Crippen LogP) is 2.60. The molecule has 1 aromatic rings. The van der Waals surface area contributed by atoms with Crippen LogP contribution in [0.4, 0.5) is 0 Å². The molecule has 1 aliphatic rings. The first-order valence-electron chi connectivity index (χ1n) is 6.34. The van der Waals surface area contributed by atoms with E-state index in [0.717, 1.165) is 4.90 Å². The predicted molar refractivity (Wildman–Crippen MR) is 71.7 cm³/mol. The fourth-order valence-corrected chi connectivity index (χ4v) is 3.47. The lowest BCUT2D eigenvalue weighted by Crippen LogP contribution is -2.19. The van der Waals surface area contributed by atoms with Crippen molar-refractivity contribution >= 4 is 17.5 Å². The fraction of sp³-hybridized carbons (Fsp3) is 0.500. The van der Waals surface area contributed by atoms with Crippen LogP contribution in [0.1, 0.15) is 42.5 Å². The summed E-state index contributed by atoms with van der Waals surface area (Å²) in [6, 6.07) is 7.09. The highest BCUT2D eigenvalue weighted by Crippen LogP contribution is 2.33. The Kier molecular flexibility index (Phi) is 4.80. The molecule has 2 rings (SSSR count). The molecule has 18 heavy (non-hydrogen) atoms. The Morgan fingerprint density at radius 1 is 1.11 bits per heavy atom. The Hall–Kier alpha value is -0.840. The minimum atomic E-state index is -1.91. The van der Waals surface area contributed by atoms with E-state index in [1.807, 2.05) is 23.9 Å². The van der Waals surface area contributed by atoms with Crippen LogP contribution < -0.4 is 0 Å². The number of hydrogen-bond donors (Lipinski definition) is 2. The Balaban J connectivity index is 1.96. The molecule has 1 saturated carbocycles. The number of Topliss-reactive ketones (excluding diaryl/α,β-unsaturated/α-hetero) is 1. The van der Waals surface area contributed by atoms with Gasteiger partial charge in [0.05, 0.1) is 0 Å². The maximum atomic E-state index is 11.3. The van der Waals surface area contributed by atoms with Gasteiger partial charge in [0.1, 0.15) is 0 Å². The third-order valence-electron chi connectivity index (χ3n) is 3.23. The van der Waals surface area contributed by atoms with Crippen molar-refractivity contribution in [2.24, 2.45) is 0 Å². The zero-order valence-electron chi connectivity index (χ0n) is 10.2. The molecule has 0 saturated heterocycles. The second kappa shape index (κ2) is 6.36. The first kappa shape index (κ1) is 13.6. The van der Waals surface area contributed by atoms with Crippen molar-refractivity contribution in [1.82, 2.24) is 0 Å². The first-order valence-corrected chi connectivity index (χ1v) is 7.22. The summed E-state index contributed by atoms with van der Waals surface area (Å²) in [5, 5.41) is 18.3. The summed E-state index contributed by atoms with van der Waals surface area (Å²) in [6.45, 7) is 0. The Bertz CT molecular complexity index is 394. The van der Waals surface area contributed by atoms with Gasteiger partial charge < -0.3 is 10.2 Å². The molecule has 0 aliphatic heterocycles. The van der Waals surface area contributed by atoms with Crippen molar-refractivity contribution < 1.29 is 15.0 Å². The van der Waals surface area contributed by atoms with Crippen LogP contribution in [0.3, 0.4) is 0 Å². The number of aliphatic hydroxyl groups is 2. The number of rotatable bonds is 4. The zero-order chi connectivity index (χ0) is 13.0. The number of carbonyl (C=O) groups excluding carboxylic acids is 1. The van der Waals surface area contributed by atoms with E-state index in [1.165, 1.54) is 32.1 Å². The lowest BCUT2D eigenvalue weighted by atomic mass is 10.0. The van der Waals surface area contributed by atoms with Crippen molar-refractivity contribution in [2.75, 3.05) is 0 Å². The molecule has 2 N–H and O–H groups in total. The van der Waals surface area contributed by atoms with Gasteiger partial charge >= 0.3 is 0 Å². The third kappa shape index (κ3) is 3.57.